The van der Waals surface area contributed by atoms with Gasteiger partial charge in [0.05, 0.1) is 20.3 Å². The van der Waals surface area contributed by atoms with Crippen LogP contribution < -0.4 is 10.1 Å². The van der Waals surface area contributed by atoms with Gasteiger partial charge in [0.1, 0.15) is 0 Å². The molecule has 0 amide bonds. The summed E-state index contributed by atoms with van der Waals surface area (Å²) in [6, 6.07) is 5.40. The summed E-state index contributed by atoms with van der Waals surface area (Å²) >= 11 is 0. The number of phenolic OH excluding ortho intramolecular Hbond substituents is 1. The molecule has 1 rings (SSSR count). The zero-order valence-electron chi connectivity index (χ0n) is 12.0. The number of ether oxygens (including phenoxy) is 2. The van der Waals surface area contributed by atoms with E-state index in [9.17, 15) is 5.11 Å². The van der Waals surface area contributed by atoms with E-state index < -0.39 is 0 Å². The van der Waals surface area contributed by atoms with Gasteiger partial charge < -0.3 is 24.8 Å². The van der Waals surface area contributed by atoms with E-state index in [1.165, 1.54) is 7.11 Å². The van der Waals surface area contributed by atoms with E-state index in [1.54, 1.807) is 12.1 Å². The molecule has 0 heterocycles. The second-order valence-electron chi connectivity index (χ2n) is 4.60. The highest BCUT2D eigenvalue weighted by atomic mass is 16.5. The first-order chi connectivity index (χ1) is 9.13. The highest BCUT2D eigenvalue weighted by Crippen LogP contribution is 2.25. The van der Waals surface area contributed by atoms with E-state index in [0.29, 0.717) is 18.9 Å². The molecule has 0 spiro atoms. The Morgan fingerprint density at radius 3 is 2.68 bits per heavy atom. The van der Waals surface area contributed by atoms with Crippen molar-refractivity contribution in [3.8, 4) is 11.5 Å². The Kier molecular flexibility index (Phi) is 7.25. The number of methoxy groups -OCH3 is 1. The first-order valence-corrected chi connectivity index (χ1v) is 6.42. The molecule has 0 aliphatic rings. The van der Waals surface area contributed by atoms with Crippen LogP contribution in [0.4, 0.5) is 0 Å². The van der Waals surface area contributed by atoms with Crippen LogP contribution in [0.2, 0.25) is 0 Å². The molecule has 0 aromatic heterocycles. The summed E-state index contributed by atoms with van der Waals surface area (Å²) in [5.41, 5.74) is 1.02. The average molecular weight is 268 g/mol. The molecule has 0 saturated heterocycles. The van der Waals surface area contributed by atoms with E-state index in [4.69, 9.17) is 9.47 Å². The molecule has 0 aliphatic carbocycles. The lowest BCUT2D eigenvalue weighted by atomic mass is 10.2. The maximum Gasteiger partial charge on any atom is 0.160 e. The van der Waals surface area contributed by atoms with E-state index in [0.717, 1.165) is 25.3 Å². The number of hydrogen-bond donors (Lipinski definition) is 2. The molecule has 108 valence electrons. The predicted molar refractivity (Wildman–Crippen MR) is 75.7 cm³/mol. The molecular formula is C14H24N2O3. The number of hydrogen-bond acceptors (Lipinski definition) is 5. The molecule has 1 aromatic rings. The Labute approximate surface area is 115 Å². The minimum absolute atomic E-state index is 0.170. The summed E-state index contributed by atoms with van der Waals surface area (Å²) in [5, 5.41) is 12.9. The maximum atomic E-state index is 9.63. The first kappa shape index (κ1) is 15.8. The Morgan fingerprint density at radius 1 is 1.26 bits per heavy atom. The first-order valence-electron chi connectivity index (χ1n) is 6.42. The average Bonchev–Trinajstić information content (AvgIpc) is 2.37. The quantitative estimate of drug-likeness (QED) is 0.656. The van der Waals surface area contributed by atoms with Gasteiger partial charge in [-0.25, -0.2) is 0 Å². The lowest BCUT2D eigenvalue weighted by molar-refractivity contribution is 0.119. The van der Waals surface area contributed by atoms with Crippen LogP contribution in [-0.4, -0.2) is 57.5 Å². The van der Waals surface area contributed by atoms with Gasteiger partial charge in [-0.3, -0.25) is 0 Å². The Morgan fingerprint density at radius 2 is 2.05 bits per heavy atom. The second-order valence-corrected chi connectivity index (χ2v) is 4.60. The third-order valence-corrected chi connectivity index (χ3v) is 2.68. The maximum absolute atomic E-state index is 9.63. The van der Waals surface area contributed by atoms with Gasteiger partial charge in [0.2, 0.25) is 0 Å². The van der Waals surface area contributed by atoms with Gasteiger partial charge in [0.25, 0.3) is 0 Å². The molecule has 0 saturated carbocycles. The van der Waals surface area contributed by atoms with Crippen molar-refractivity contribution in [3.63, 3.8) is 0 Å². The number of nitrogens with one attached hydrogen (secondary N) is 1. The number of likely N-dealkylation sites (N-methyl/N-ethyl adjacent to an activating group) is 1. The summed E-state index contributed by atoms with van der Waals surface area (Å²) in [6.45, 7) is 3.87. The Bertz CT molecular complexity index is 370. The third-order valence-electron chi connectivity index (χ3n) is 2.68. The van der Waals surface area contributed by atoms with Crippen LogP contribution in [-0.2, 0) is 11.3 Å². The van der Waals surface area contributed by atoms with Crippen LogP contribution in [0.1, 0.15) is 5.56 Å². The second kappa shape index (κ2) is 8.74. The Hall–Kier alpha value is -1.30. The molecule has 5 heteroatoms. The van der Waals surface area contributed by atoms with Crippen molar-refractivity contribution < 1.29 is 14.6 Å². The van der Waals surface area contributed by atoms with Gasteiger partial charge in [-0.15, -0.1) is 0 Å². The molecule has 2 N–H and O–H groups in total. The van der Waals surface area contributed by atoms with Crippen molar-refractivity contribution in [2.24, 2.45) is 0 Å². The van der Waals surface area contributed by atoms with Gasteiger partial charge in [0.15, 0.2) is 11.5 Å². The smallest absolute Gasteiger partial charge is 0.160 e. The number of aromatic hydroxyl groups is 1. The van der Waals surface area contributed by atoms with Crippen LogP contribution in [0.3, 0.4) is 0 Å². The van der Waals surface area contributed by atoms with Crippen LogP contribution in [0.15, 0.2) is 18.2 Å². The van der Waals surface area contributed by atoms with E-state index in [2.05, 4.69) is 10.2 Å². The lowest BCUT2D eigenvalue weighted by Gasteiger charge is -2.10. The van der Waals surface area contributed by atoms with E-state index >= 15 is 0 Å². The molecule has 0 unspecified atom stereocenters. The highest BCUT2D eigenvalue weighted by Gasteiger charge is 2.01. The predicted octanol–water partition coefficient (Wildman–Crippen LogP) is 1.07. The summed E-state index contributed by atoms with van der Waals surface area (Å²) in [4.78, 5) is 2.09. The van der Waals surface area contributed by atoms with Crippen molar-refractivity contribution in [3.05, 3.63) is 23.8 Å². The molecule has 1 aromatic carbocycles. The van der Waals surface area contributed by atoms with Gasteiger partial charge in [0, 0.05) is 19.6 Å². The fraction of sp³-hybridized carbons (Fsp3) is 0.571. The van der Waals surface area contributed by atoms with Crippen LogP contribution in [0, 0.1) is 0 Å². The summed E-state index contributed by atoms with van der Waals surface area (Å²) in [7, 11) is 5.59. The molecule has 5 nitrogen and oxygen atoms in total. The standard InChI is InChI=1S/C14H24N2O3/c1-16(2)7-9-19-8-6-15-11-12-4-5-14(18-3)13(17)10-12/h4-5,10,15,17H,6-9,11H2,1-3H3. The fourth-order valence-electron chi connectivity index (χ4n) is 1.57. The number of rotatable bonds is 9. The molecule has 0 radical (unpaired) electrons. The van der Waals surface area contributed by atoms with E-state index in [1.807, 2.05) is 20.2 Å². The number of phenols is 1. The summed E-state index contributed by atoms with van der Waals surface area (Å²) in [6.07, 6.45) is 0. The van der Waals surface area contributed by atoms with E-state index in [-0.39, 0.29) is 5.75 Å². The SMILES string of the molecule is COc1ccc(CNCCOCCN(C)C)cc1O. The topological polar surface area (TPSA) is 54.0 Å². The lowest BCUT2D eigenvalue weighted by Crippen LogP contribution is -2.23. The molecule has 19 heavy (non-hydrogen) atoms. The molecule has 0 fully saturated rings. The van der Waals surface area contributed by atoms with Crippen molar-refractivity contribution >= 4 is 0 Å². The normalized spacial score (nSPS) is 10.9. The molecule has 0 aliphatic heterocycles. The summed E-state index contributed by atoms with van der Waals surface area (Å²) in [5.74, 6) is 0.666. The van der Waals surface area contributed by atoms with Gasteiger partial charge in [-0.2, -0.15) is 0 Å². The largest absolute Gasteiger partial charge is 0.504 e. The molecule has 0 bridgehead atoms. The number of benzene rings is 1. The number of nitrogens with zero attached hydrogens (tertiary/aromatic N) is 1. The third kappa shape index (κ3) is 6.42. The fourth-order valence-corrected chi connectivity index (χ4v) is 1.57. The van der Waals surface area contributed by atoms with Gasteiger partial charge in [-0.05, 0) is 31.8 Å². The van der Waals surface area contributed by atoms with Crippen molar-refractivity contribution in [1.29, 1.82) is 0 Å². The van der Waals surface area contributed by atoms with Gasteiger partial charge >= 0.3 is 0 Å². The summed E-state index contributed by atoms with van der Waals surface area (Å²) < 4.78 is 10.5. The van der Waals surface area contributed by atoms with Crippen molar-refractivity contribution in [2.75, 3.05) is 47.5 Å². The zero-order chi connectivity index (χ0) is 14.1. The minimum atomic E-state index is 0.170. The zero-order valence-corrected chi connectivity index (χ0v) is 12.0. The van der Waals surface area contributed by atoms with Crippen LogP contribution in [0.25, 0.3) is 0 Å². The van der Waals surface area contributed by atoms with Crippen LogP contribution in [0.5, 0.6) is 11.5 Å². The van der Waals surface area contributed by atoms with Crippen molar-refractivity contribution in [2.45, 2.75) is 6.54 Å². The molecular weight excluding hydrogens is 244 g/mol. The van der Waals surface area contributed by atoms with Gasteiger partial charge in [-0.1, -0.05) is 6.07 Å². The molecule has 0 atom stereocenters. The highest BCUT2D eigenvalue weighted by molar-refractivity contribution is 5.41. The van der Waals surface area contributed by atoms with Crippen LogP contribution >= 0.6 is 0 Å². The minimum Gasteiger partial charge on any atom is -0.504 e. The monoisotopic (exact) mass is 268 g/mol. The Balaban J connectivity index is 2.14. The van der Waals surface area contributed by atoms with Crippen molar-refractivity contribution in [1.82, 2.24) is 10.2 Å².